The first-order valence-electron chi connectivity index (χ1n) is 6.33. The molecule has 1 fully saturated rings. The summed E-state index contributed by atoms with van der Waals surface area (Å²) >= 11 is 0. The Morgan fingerprint density at radius 1 is 1.42 bits per heavy atom. The quantitative estimate of drug-likeness (QED) is 0.843. The highest BCUT2D eigenvalue weighted by atomic mass is 35.5. The molecule has 1 aliphatic heterocycles. The summed E-state index contributed by atoms with van der Waals surface area (Å²) in [5.74, 6) is 0.862. The molecule has 0 aromatic carbocycles. The van der Waals surface area contributed by atoms with Crippen LogP contribution in [0, 0.1) is 0 Å². The Balaban J connectivity index is 0.00000133. The molecule has 1 saturated carbocycles. The Morgan fingerprint density at radius 2 is 2.16 bits per heavy atom. The molecule has 0 unspecified atom stereocenters. The lowest BCUT2D eigenvalue weighted by Gasteiger charge is -2.37. The zero-order valence-corrected chi connectivity index (χ0v) is 12.3. The molecule has 6 nitrogen and oxygen atoms in total. The van der Waals surface area contributed by atoms with E-state index in [4.69, 9.17) is 5.73 Å². The highest BCUT2D eigenvalue weighted by Crippen LogP contribution is 2.28. The summed E-state index contributed by atoms with van der Waals surface area (Å²) in [4.78, 5) is 4.15. The molecule has 2 aliphatic rings. The zero-order chi connectivity index (χ0) is 12.8. The van der Waals surface area contributed by atoms with Gasteiger partial charge < -0.3 is 10.3 Å². The molecule has 0 amide bonds. The maximum Gasteiger partial charge on any atom is 0.257 e. The highest BCUT2D eigenvalue weighted by Gasteiger charge is 2.34. The van der Waals surface area contributed by atoms with Gasteiger partial charge in [0, 0.05) is 25.0 Å². The summed E-state index contributed by atoms with van der Waals surface area (Å²) < 4.78 is 28.8. The standard InChI is InChI=1S/C11H18N4O2S.ClH/c12-11(4-2-5-11)8-14-18(16,17)10-7-13-9-3-1-6-15(9)10;/h7,14H,1-6,8,12H2;1H. The number of aryl methyl sites for hydroxylation is 1. The van der Waals surface area contributed by atoms with Crippen molar-refractivity contribution in [2.45, 2.75) is 49.2 Å². The lowest BCUT2D eigenvalue weighted by molar-refractivity contribution is 0.251. The van der Waals surface area contributed by atoms with E-state index in [1.165, 1.54) is 6.20 Å². The maximum absolute atomic E-state index is 12.2. The molecule has 1 aromatic heterocycles. The minimum atomic E-state index is -3.48. The lowest BCUT2D eigenvalue weighted by atomic mass is 9.78. The normalized spacial score (nSPS) is 20.5. The van der Waals surface area contributed by atoms with Crippen molar-refractivity contribution in [2.75, 3.05) is 6.54 Å². The van der Waals surface area contributed by atoms with E-state index in [9.17, 15) is 8.42 Å². The summed E-state index contributed by atoms with van der Waals surface area (Å²) in [6.45, 7) is 1.05. The summed E-state index contributed by atoms with van der Waals surface area (Å²) in [6, 6.07) is 0. The highest BCUT2D eigenvalue weighted by molar-refractivity contribution is 7.89. The minimum absolute atomic E-state index is 0. The number of hydrogen-bond acceptors (Lipinski definition) is 4. The predicted molar refractivity (Wildman–Crippen MR) is 73.8 cm³/mol. The van der Waals surface area contributed by atoms with Crippen LogP contribution in [0.4, 0.5) is 0 Å². The van der Waals surface area contributed by atoms with Crippen LogP contribution in [0.5, 0.6) is 0 Å². The number of nitrogens with one attached hydrogen (secondary N) is 1. The van der Waals surface area contributed by atoms with E-state index >= 15 is 0 Å². The van der Waals surface area contributed by atoms with Gasteiger partial charge in [-0.05, 0) is 25.7 Å². The van der Waals surface area contributed by atoms with Crippen LogP contribution in [-0.2, 0) is 23.0 Å². The third-order valence-electron chi connectivity index (χ3n) is 3.92. The van der Waals surface area contributed by atoms with Crippen molar-refractivity contribution in [1.82, 2.24) is 14.3 Å². The van der Waals surface area contributed by atoms with Gasteiger partial charge in [-0.2, -0.15) is 0 Å². The van der Waals surface area contributed by atoms with Crippen molar-refractivity contribution >= 4 is 22.4 Å². The van der Waals surface area contributed by atoms with Crippen molar-refractivity contribution in [3.05, 3.63) is 12.0 Å². The second-order valence-corrected chi connectivity index (χ2v) is 7.02. The van der Waals surface area contributed by atoms with Gasteiger partial charge in [-0.25, -0.2) is 18.1 Å². The van der Waals surface area contributed by atoms with Crippen molar-refractivity contribution in [2.24, 2.45) is 5.73 Å². The van der Waals surface area contributed by atoms with Gasteiger partial charge >= 0.3 is 0 Å². The third kappa shape index (κ3) is 2.65. The first-order chi connectivity index (χ1) is 8.50. The molecule has 19 heavy (non-hydrogen) atoms. The van der Waals surface area contributed by atoms with Gasteiger partial charge in [-0.3, -0.25) is 0 Å². The van der Waals surface area contributed by atoms with Gasteiger partial charge in [0.25, 0.3) is 10.0 Å². The van der Waals surface area contributed by atoms with Crippen LogP contribution < -0.4 is 10.5 Å². The minimum Gasteiger partial charge on any atom is -0.324 e. The summed E-state index contributed by atoms with van der Waals surface area (Å²) in [7, 11) is -3.48. The van der Waals surface area contributed by atoms with E-state index in [0.717, 1.165) is 44.5 Å². The van der Waals surface area contributed by atoms with E-state index in [0.29, 0.717) is 6.54 Å². The third-order valence-corrected chi connectivity index (χ3v) is 5.32. The monoisotopic (exact) mass is 306 g/mol. The first kappa shape index (κ1) is 14.8. The average Bonchev–Trinajstić information content (AvgIpc) is 2.84. The smallest absolute Gasteiger partial charge is 0.257 e. The van der Waals surface area contributed by atoms with Crippen LogP contribution in [0.3, 0.4) is 0 Å². The second-order valence-electron chi connectivity index (χ2n) is 5.31. The Morgan fingerprint density at radius 3 is 2.79 bits per heavy atom. The number of nitrogens with zero attached hydrogens (tertiary/aromatic N) is 2. The van der Waals surface area contributed by atoms with Gasteiger partial charge in [-0.1, -0.05) is 0 Å². The number of rotatable bonds is 4. The fourth-order valence-corrected chi connectivity index (χ4v) is 3.87. The Hall–Kier alpha value is -0.630. The van der Waals surface area contributed by atoms with E-state index < -0.39 is 10.0 Å². The van der Waals surface area contributed by atoms with Crippen LogP contribution in [0.1, 0.15) is 31.5 Å². The molecule has 0 radical (unpaired) electrons. The van der Waals surface area contributed by atoms with Crippen LogP contribution in [0.2, 0.25) is 0 Å². The number of halogens is 1. The van der Waals surface area contributed by atoms with Crippen molar-refractivity contribution in [3.8, 4) is 0 Å². The molecule has 1 aliphatic carbocycles. The Bertz CT molecular complexity index is 565. The molecule has 1 aromatic rings. The summed E-state index contributed by atoms with van der Waals surface area (Å²) in [5, 5.41) is 0.276. The van der Waals surface area contributed by atoms with E-state index in [2.05, 4.69) is 9.71 Å². The molecule has 0 bridgehead atoms. The fraction of sp³-hybridized carbons (Fsp3) is 0.727. The molecule has 108 valence electrons. The van der Waals surface area contributed by atoms with Gasteiger partial charge in [0.05, 0.1) is 6.20 Å². The average molecular weight is 307 g/mol. The van der Waals surface area contributed by atoms with Crippen molar-refractivity contribution < 1.29 is 8.42 Å². The van der Waals surface area contributed by atoms with Gasteiger partial charge in [-0.15, -0.1) is 12.4 Å². The van der Waals surface area contributed by atoms with Crippen molar-refractivity contribution in [3.63, 3.8) is 0 Å². The van der Waals surface area contributed by atoms with Crippen molar-refractivity contribution in [1.29, 1.82) is 0 Å². The van der Waals surface area contributed by atoms with Crippen LogP contribution >= 0.6 is 12.4 Å². The molecular weight excluding hydrogens is 288 g/mol. The van der Waals surface area contributed by atoms with Gasteiger partial charge in [0.15, 0.2) is 5.03 Å². The van der Waals surface area contributed by atoms with Crippen LogP contribution in [-0.4, -0.2) is 30.1 Å². The largest absolute Gasteiger partial charge is 0.324 e. The Labute approximate surface area is 119 Å². The number of fused-ring (bicyclic) bond motifs is 1. The van der Waals surface area contributed by atoms with Crippen LogP contribution in [0.15, 0.2) is 11.2 Å². The number of nitrogens with two attached hydrogens (primary N) is 1. The zero-order valence-electron chi connectivity index (χ0n) is 10.6. The fourth-order valence-electron chi connectivity index (χ4n) is 2.57. The lowest BCUT2D eigenvalue weighted by Crippen LogP contribution is -2.54. The number of imidazole rings is 1. The number of hydrogen-bond donors (Lipinski definition) is 2. The molecular formula is C11H19ClN4O2S. The SMILES string of the molecule is Cl.NC1(CNS(=O)(=O)c2cnc3n2CCC3)CCC1. The van der Waals surface area contributed by atoms with Crippen LogP contribution in [0.25, 0.3) is 0 Å². The molecule has 2 heterocycles. The summed E-state index contributed by atoms with van der Waals surface area (Å²) in [5.41, 5.74) is 5.68. The molecule has 0 atom stereocenters. The van der Waals surface area contributed by atoms with E-state index in [1.54, 1.807) is 4.57 Å². The topological polar surface area (TPSA) is 90.0 Å². The maximum atomic E-state index is 12.2. The van der Waals surface area contributed by atoms with E-state index in [-0.39, 0.29) is 23.0 Å². The first-order valence-corrected chi connectivity index (χ1v) is 7.82. The molecule has 0 spiro atoms. The number of aromatic nitrogens is 2. The Kier molecular flexibility index (Phi) is 3.92. The van der Waals surface area contributed by atoms with E-state index in [1.807, 2.05) is 0 Å². The molecule has 0 saturated heterocycles. The summed E-state index contributed by atoms with van der Waals surface area (Å²) in [6.07, 6.45) is 6.13. The van der Waals surface area contributed by atoms with Gasteiger partial charge in [0.1, 0.15) is 5.82 Å². The predicted octanol–water partition coefficient (Wildman–Crippen LogP) is 0.411. The second kappa shape index (κ2) is 5.05. The molecule has 3 rings (SSSR count). The number of sulfonamides is 1. The molecule has 8 heteroatoms. The van der Waals surface area contributed by atoms with Gasteiger partial charge in [0.2, 0.25) is 0 Å². The molecule has 3 N–H and O–H groups in total.